The first kappa shape index (κ1) is 16.8. The van der Waals surface area contributed by atoms with Crippen LogP contribution < -0.4 is 12.4 Å². The number of piperazine rings is 1. The predicted molar refractivity (Wildman–Crippen MR) is 84.7 cm³/mol. The molecule has 3 rings (SSSR count). The molecule has 1 aromatic carbocycles. The maximum Gasteiger partial charge on any atom is 0.0916 e. The van der Waals surface area contributed by atoms with Crippen LogP contribution >= 0.6 is 0 Å². The summed E-state index contributed by atoms with van der Waals surface area (Å²) in [6.07, 6.45) is 4.10. The van der Waals surface area contributed by atoms with Crippen molar-refractivity contribution >= 4 is 0 Å². The van der Waals surface area contributed by atoms with Crippen molar-refractivity contribution in [2.75, 3.05) is 45.8 Å². The highest BCUT2D eigenvalue weighted by molar-refractivity contribution is 5.14. The van der Waals surface area contributed by atoms with Crippen molar-refractivity contribution < 1.29 is 16.9 Å². The summed E-state index contributed by atoms with van der Waals surface area (Å²) in [4.78, 5) is 2.68. The van der Waals surface area contributed by atoms with Gasteiger partial charge in [0.25, 0.3) is 0 Å². The fourth-order valence-electron chi connectivity index (χ4n) is 3.78. The van der Waals surface area contributed by atoms with Crippen molar-refractivity contribution in [2.45, 2.75) is 26.2 Å². The summed E-state index contributed by atoms with van der Waals surface area (Å²) in [6, 6.07) is 10.9. The molecule has 2 saturated heterocycles. The van der Waals surface area contributed by atoms with Crippen molar-refractivity contribution in [2.24, 2.45) is 5.92 Å². The molecular formula is C18H29ClN2. The Bertz CT molecular complexity index is 402. The van der Waals surface area contributed by atoms with Crippen LogP contribution in [0, 0.1) is 5.92 Å². The first-order valence-electron chi connectivity index (χ1n) is 8.37. The lowest BCUT2D eigenvalue weighted by Crippen LogP contribution is -3.00. The minimum Gasteiger partial charge on any atom is -1.00 e. The average molecular weight is 309 g/mol. The quantitative estimate of drug-likeness (QED) is 0.699. The average Bonchev–Trinajstić information content (AvgIpc) is 2.51. The van der Waals surface area contributed by atoms with Crippen molar-refractivity contribution in [3.63, 3.8) is 0 Å². The molecule has 0 N–H and O–H groups in total. The Hall–Kier alpha value is -0.570. The van der Waals surface area contributed by atoms with Crippen LogP contribution in [0.1, 0.15) is 25.3 Å². The molecule has 0 amide bonds. The van der Waals surface area contributed by atoms with Crippen molar-refractivity contribution in [3.05, 3.63) is 35.9 Å². The zero-order chi connectivity index (χ0) is 13.8. The third-order valence-electron chi connectivity index (χ3n) is 5.53. The minimum absolute atomic E-state index is 0. The number of benzene rings is 1. The monoisotopic (exact) mass is 308 g/mol. The topological polar surface area (TPSA) is 3.24 Å². The van der Waals surface area contributed by atoms with E-state index in [2.05, 4.69) is 42.2 Å². The van der Waals surface area contributed by atoms with E-state index in [1.54, 1.807) is 0 Å². The second kappa shape index (κ2) is 7.62. The smallest absolute Gasteiger partial charge is 0.0916 e. The van der Waals surface area contributed by atoms with E-state index in [0.717, 1.165) is 5.92 Å². The molecule has 0 aliphatic carbocycles. The van der Waals surface area contributed by atoms with Crippen LogP contribution in [0.4, 0.5) is 0 Å². The van der Waals surface area contributed by atoms with Gasteiger partial charge in [-0.1, -0.05) is 37.3 Å². The van der Waals surface area contributed by atoms with Crippen LogP contribution in [-0.4, -0.2) is 55.2 Å². The summed E-state index contributed by atoms with van der Waals surface area (Å²) in [5.74, 6) is 0.967. The highest BCUT2D eigenvalue weighted by Crippen LogP contribution is 2.25. The Kier molecular flexibility index (Phi) is 6.09. The second-order valence-electron chi connectivity index (χ2n) is 7.00. The van der Waals surface area contributed by atoms with Crippen LogP contribution in [0.5, 0.6) is 0 Å². The molecule has 2 heterocycles. The SMILES string of the molecule is CC1CC[N+]2(CC1)CCN(CCc1ccccc1)CC2.[Cl-]. The van der Waals surface area contributed by atoms with Gasteiger partial charge in [0.2, 0.25) is 0 Å². The summed E-state index contributed by atoms with van der Waals surface area (Å²) in [6.45, 7) is 11.9. The van der Waals surface area contributed by atoms with E-state index in [-0.39, 0.29) is 12.4 Å². The Morgan fingerprint density at radius 1 is 1.00 bits per heavy atom. The number of quaternary nitrogens is 1. The third-order valence-corrected chi connectivity index (χ3v) is 5.53. The molecule has 3 heteroatoms. The molecule has 0 aromatic heterocycles. The van der Waals surface area contributed by atoms with Crippen LogP contribution in [0.2, 0.25) is 0 Å². The van der Waals surface area contributed by atoms with Gasteiger partial charge >= 0.3 is 0 Å². The van der Waals surface area contributed by atoms with E-state index in [1.165, 1.54) is 75.1 Å². The molecule has 2 nitrogen and oxygen atoms in total. The zero-order valence-electron chi connectivity index (χ0n) is 13.3. The number of hydrogen-bond donors (Lipinski definition) is 0. The van der Waals surface area contributed by atoms with Crippen LogP contribution in [-0.2, 0) is 6.42 Å². The van der Waals surface area contributed by atoms with Gasteiger partial charge in [0.15, 0.2) is 0 Å². The zero-order valence-corrected chi connectivity index (χ0v) is 14.1. The first-order valence-corrected chi connectivity index (χ1v) is 8.37. The van der Waals surface area contributed by atoms with E-state index < -0.39 is 0 Å². The van der Waals surface area contributed by atoms with E-state index in [9.17, 15) is 0 Å². The normalized spacial score (nSPS) is 22.9. The minimum atomic E-state index is 0. The van der Waals surface area contributed by atoms with Gasteiger partial charge in [0.05, 0.1) is 26.2 Å². The van der Waals surface area contributed by atoms with Gasteiger partial charge in [-0.05, 0) is 30.7 Å². The lowest BCUT2D eigenvalue weighted by molar-refractivity contribution is -0.937. The van der Waals surface area contributed by atoms with Crippen LogP contribution in [0.25, 0.3) is 0 Å². The first-order chi connectivity index (χ1) is 9.76. The lowest BCUT2D eigenvalue weighted by Gasteiger charge is -2.48. The molecule has 0 atom stereocenters. The predicted octanol–water partition coefficient (Wildman–Crippen LogP) is -0.205. The standard InChI is InChI=1S/C18H29N2.ClH/c1-17-8-13-20(14-9-17)15-11-19(12-16-20)10-7-18-5-3-2-4-6-18;/h2-6,17H,7-16H2,1H3;1H/q+1;/p-1. The molecule has 0 bridgehead atoms. The van der Waals surface area contributed by atoms with Crippen molar-refractivity contribution in [3.8, 4) is 0 Å². The highest BCUT2D eigenvalue weighted by atomic mass is 35.5. The van der Waals surface area contributed by atoms with Gasteiger partial charge in [-0.3, -0.25) is 4.90 Å². The van der Waals surface area contributed by atoms with Crippen molar-refractivity contribution in [1.82, 2.24) is 4.90 Å². The summed E-state index contributed by atoms with van der Waals surface area (Å²) < 4.78 is 1.42. The summed E-state index contributed by atoms with van der Waals surface area (Å²) in [7, 11) is 0. The Labute approximate surface area is 136 Å². The molecule has 0 radical (unpaired) electrons. The highest BCUT2D eigenvalue weighted by Gasteiger charge is 2.35. The third kappa shape index (κ3) is 4.45. The van der Waals surface area contributed by atoms with Gasteiger partial charge in [-0.25, -0.2) is 0 Å². The number of rotatable bonds is 3. The maximum absolute atomic E-state index is 2.68. The Morgan fingerprint density at radius 2 is 1.62 bits per heavy atom. The molecule has 2 aliphatic rings. The molecular weight excluding hydrogens is 280 g/mol. The van der Waals surface area contributed by atoms with Gasteiger partial charge in [-0.15, -0.1) is 0 Å². The largest absolute Gasteiger partial charge is 1.00 e. The summed E-state index contributed by atoms with van der Waals surface area (Å²) >= 11 is 0. The lowest BCUT2D eigenvalue weighted by atomic mass is 9.96. The van der Waals surface area contributed by atoms with E-state index >= 15 is 0 Å². The summed E-state index contributed by atoms with van der Waals surface area (Å²) in [5.41, 5.74) is 1.48. The van der Waals surface area contributed by atoms with Gasteiger partial charge in [-0.2, -0.15) is 0 Å². The number of piperidine rings is 1. The number of hydrogen-bond acceptors (Lipinski definition) is 1. The van der Waals surface area contributed by atoms with E-state index in [4.69, 9.17) is 0 Å². The van der Waals surface area contributed by atoms with Crippen molar-refractivity contribution in [1.29, 1.82) is 0 Å². The fraction of sp³-hybridized carbons (Fsp3) is 0.667. The Morgan fingerprint density at radius 3 is 2.24 bits per heavy atom. The van der Waals surface area contributed by atoms with Crippen LogP contribution in [0.15, 0.2) is 30.3 Å². The molecule has 0 unspecified atom stereocenters. The molecule has 1 aromatic rings. The maximum atomic E-state index is 2.68. The van der Waals surface area contributed by atoms with E-state index in [0.29, 0.717) is 0 Å². The summed E-state index contributed by atoms with van der Waals surface area (Å²) in [5, 5.41) is 0. The van der Waals surface area contributed by atoms with Gasteiger partial charge in [0.1, 0.15) is 0 Å². The van der Waals surface area contributed by atoms with Gasteiger partial charge in [0, 0.05) is 19.6 Å². The van der Waals surface area contributed by atoms with E-state index in [1.807, 2.05) is 0 Å². The van der Waals surface area contributed by atoms with Crippen LogP contribution in [0.3, 0.4) is 0 Å². The molecule has 2 aliphatic heterocycles. The van der Waals surface area contributed by atoms with Gasteiger partial charge < -0.3 is 16.9 Å². The second-order valence-corrected chi connectivity index (χ2v) is 7.00. The fourth-order valence-corrected chi connectivity index (χ4v) is 3.78. The molecule has 1 spiro atoms. The number of nitrogens with zero attached hydrogens (tertiary/aromatic N) is 2. The molecule has 2 fully saturated rings. The molecule has 118 valence electrons. The number of halogens is 1. The Balaban J connectivity index is 0.00000161. The molecule has 21 heavy (non-hydrogen) atoms. The molecule has 0 saturated carbocycles.